The predicted octanol–water partition coefficient (Wildman–Crippen LogP) is 2.18. The van der Waals surface area contributed by atoms with Crippen molar-refractivity contribution in [3.8, 4) is 0 Å². The topological polar surface area (TPSA) is 54.7 Å². The second-order valence-electron chi connectivity index (χ2n) is 3.38. The van der Waals surface area contributed by atoms with Crippen molar-refractivity contribution in [3.05, 3.63) is 23.8 Å². The zero-order valence-electron chi connectivity index (χ0n) is 8.79. The average molecular weight is 221 g/mol. The molecule has 0 amide bonds. The van der Waals surface area contributed by atoms with Crippen molar-refractivity contribution in [1.82, 2.24) is 9.97 Å². The van der Waals surface area contributed by atoms with E-state index in [1.165, 1.54) is 5.56 Å². The van der Waals surface area contributed by atoms with Crippen LogP contribution in [-0.2, 0) is 6.42 Å². The van der Waals surface area contributed by atoms with Crippen LogP contribution >= 0.6 is 11.8 Å². The van der Waals surface area contributed by atoms with Gasteiger partial charge in [-0.1, -0.05) is 24.8 Å². The highest BCUT2D eigenvalue weighted by molar-refractivity contribution is 7.99. The number of H-pyrrole nitrogens is 1. The largest absolute Gasteiger partial charge is 0.333 e. The monoisotopic (exact) mass is 221 g/mol. The average Bonchev–Trinajstić information content (AvgIpc) is 2.67. The van der Waals surface area contributed by atoms with Gasteiger partial charge in [-0.05, 0) is 24.1 Å². The molecule has 3 nitrogen and oxygen atoms in total. The molecule has 0 aliphatic heterocycles. The number of benzene rings is 1. The van der Waals surface area contributed by atoms with Gasteiger partial charge in [0, 0.05) is 12.3 Å². The third-order valence-corrected chi connectivity index (χ3v) is 3.20. The maximum absolute atomic E-state index is 5.45. The molecule has 80 valence electrons. The van der Waals surface area contributed by atoms with E-state index in [1.54, 1.807) is 11.8 Å². The minimum Gasteiger partial charge on any atom is -0.333 e. The van der Waals surface area contributed by atoms with E-state index < -0.39 is 0 Å². The second-order valence-corrected chi connectivity index (χ2v) is 4.47. The van der Waals surface area contributed by atoms with Crippen molar-refractivity contribution in [2.75, 3.05) is 12.3 Å². The lowest BCUT2D eigenvalue weighted by Crippen LogP contribution is -2.01. The number of nitrogens with one attached hydrogen (secondary N) is 1. The van der Waals surface area contributed by atoms with Crippen LogP contribution in [0.15, 0.2) is 23.4 Å². The minimum atomic E-state index is 0.682. The van der Waals surface area contributed by atoms with Crippen LogP contribution in [-0.4, -0.2) is 22.3 Å². The molecule has 0 saturated carbocycles. The summed E-state index contributed by atoms with van der Waals surface area (Å²) in [7, 11) is 0. The first-order chi connectivity index (χ1) is 7.33. The van der Waals surface area contributed by atoms with E-state index in [-0.39, 0.29) is 0 Å². The molecule has 2 aromatic rings. The molecule has 1 aromatic carbocycles. The van der Waals surface area contributed by atoms with Gasteiger partial charge in [-0.15, -0.1) is 0 Å². The predicted molar refractivity (Wildman–Crippen MR) is 65.3 cm³/mol. The summed E-state index contributed by atoms with van der Waals surface area (Å²) in [4.78, 5) is 7.78. The molecule has 0 fully saturated rings. The van der Waals surface area contributed by atoms with Crippen LogP contribution in [0.25, 0.3) is 11.0 Å². The molecule has 0 spiro atoms. The van der Waals surface area contributed by atoms with Crippen LogP contribution < -0.4 is 5.73 Å². The Bertz CT molecular complexity index is 450. The lowest BCUT2D eigenvalue weighted by atomic mass is 10.1. The molecule has 0 aliphatic rings. The molecule has 15 heavy (non-hydrogen) atoms. The maximum Gasteiger partial charge on any atom is 0.166 e. The van der Waals surface area contributed by atoms with E-state index in [9.17, 15) is 0 Å². The van der Waals surface area contributed by atoms with Crippen molar-refractivity contribution >= 4 is 22.8 Å². The van der Waals surface area contributed by atoms with Gasteiger partial charge >= 0.3 is 0 Å². The molecule has 0 bridgehead atoms. The molecular formula is C11H15N3S. The Balaban J connectivity index is 2.29. The van der Waals surface area contributed by atoms with Crippen molar-refractivity contribution in [2.45, 2.75) is 18.5 Å². The Kier molecular flexibility index (Phi) is 3.28. The maximum atomic E-state index is 5.45. The van der Waals surface area contributed by atoms with Crippen LogP contribution in [0.1, 0.15) is 12.5 Å². The molecule has 1 aromatic heterocycles. The quantitative estimate of drug-likeness (QED) is 0.778. The summed E-state index contributed by atoms with van der Waals surface area (Å²) in [6, 6.07) is 6.35. The third-order valence-electron chi connectivity index (χ3n) is 2.29. The molecule has 4 heteroatoms. The smallest absolute Gasteiger partial charge is 0.166 e. The van der Waals surface area contributed by atoms with Crippen molar-refractivity contribution in [1.29, 1.82) is 0 Å². The summed E-state index contributed by atoms with van der Waals surface area (Å²) in [5, 5.41) is 0.962. The summed E-state index contributed by atoms with van der Waals surface area (Å²) in [5.41, 5.74) is 8.94. The normalized spacial score (nSPS) is 11.1. The first-order valence-electron chi connectivity index (χ1n) is 5.15. The first kappa shape index (κ1) is 10.5. The fourth-order valence-electron chi connectivity index (χ4n) is 1.48. The number of imidazole rings is 1. The highest BCUT2D eigenvalue weighted by Crippen LogP contribution is 2.20. The number of aryl methyl sites for hydroxylation is 1. The fourth-order valence-corrected chi connectivity index (χ4v) is 2.13. The lowest BCUT2D eigenvalue weighted by molar-refractivity contribution is 1.07. The summed E-state index contributed by atoms with van der Waals surface area (Å²) in [5.74, 6) is 0.903. The van der Waals surface area contributed by atoms with Crippen LogP contribution in [0.4, 0.5) is 0 Å². The number of fused-ring (bicyclic) bond motifs is 1. The Hall–Kier alpha value is -1.00. The van der Waals surface area contributed by atoms with Gasteiger partial charge in [-0.2, -0.15) is 0 Å². The number of thioether (sulfide) groups is 1. The third kappa shape index (κ3) is 2.33. The molecule has 0 atom stereocenters. The zero-order valence-corrected chi connectivity index (χ0v) is 9.60. The second kappa shape index (κ2) is 4.68. The Morgan fingerprint density at radius 1 is 1.47 bits per heavy atom. The van der Waals surface area contributed by atoms with Crippen LogP contribution in [0, 0.1) is 0 Å². The molecule has 0 saturated heterocycles. The Morgan fingerprint density at radius 3 is 3.07 bits per heavy atom. The van der Waals surface area contributed by atoms with Crippen LogP contribution in [0.2, 0.25) is 0 Å². The summed E-state index contributed by atoms with van der Waals surface area (Å²) in [6.07, 6.45) is 1.06. The number of aromatic amines is 1. The highest BCUT2D eigenvalue weighted by Gasteiger charge is 2.02. The summed E-state index contributed by atoms with van der Waals surface area (Å²) < 4.78 is 0. The van der Waals surface area contributed by atoms with Gasteiger partial charge in [-0.3, -0.25) is 0 Å². The summed E-state index contributed by atoms with van der Waals surface area (Å²) in [6.45, 7) is 2.84. The zero-order chi connectivity index (χ0) is 10.7. The van der Waals surface area contributed by atoms with Crippen molar-refractivity contribution < 1.29 is 0 Å². The first-order valence-corrected chi connectivity index (χ1v) is 6.13. The van der Waals surface area contributed by atoms with Crippen molar-refractivity contribution in [3.63, 3.8) is 0 Å². The highest BCUT2D eigenvalue weighted by atomic mass is 32.2. The Morgan fingerprint density at radius 2 is 2.33 bits per heavy atom. The van der Waals surface area contributed by atoms with E-state index >= 15 is 0 Å². The number of aromatic nitrogens is 2. The number of hydrogen-bond donors (Lipinski definition) is 2. The SMILES string of the molecule is CCc1ccc2nc(SCCN)[nH]c2c1. The molecule has 0 aliphatic carbocycles. The number of rotatable bonds is 4. The van der Waals surface area contributed by atoms with Gasteiger partial charge in [0.25, 0.3) is 0 Å². The van der Waals surface area contributed by atoms with Crippen molar-refractivity contribution in [2.24, 2.45) is 5.73 Å². The molecule has 2 rings (SSSR count). The lowest BCUT2D eigenvalue weighted by Gasteiger charge is -1.94. The van der Waals surface area contributed by atoms with Gasteiger partial charge in [0.15, 0.2) is 5.16 Å². The van der Waals surface area contributed by atoms with Crippen LogP contribution in [0.3, 0.4) is 0 Å². The van der Waals surface area contributed by atoms with Gasteiger partial charge < -0.3 is 10.7 Å². The van der Waals surface area contributed by atoms with E-state index in [4.69, 9.17) is 5.73 Å². The van der Waals surface area contributed by atoms with Gasteiger partial charge in [0.05, 0.1) is 11.0 Å². The minimum absolute atomic E-state index is 0.682. The van der Waals surface area contributed by atoms with Gasteiger partial charge in [0.1, 0.15) is 0 Å². The van der Waals surface area contributed by atoms with E-state index in [2.05, 4.69) is 35.1 Å². The Labute approximate surface area is 93.5 Å². The van der Waals surface area contributed by atoms with E-state index in [1.807, 2.05) is 0 Å². The van der Waals surface area contributed by atoms with Gasteiger partial charge in [-0.25, -0.2) is 4.98 Å². The summed E-state index contributed by atoms with van der Waals surface area (Å²) >= 11 is 1.67. The van der Waals surface area contributed by atoms with Crippen LogP contribution in [0.5, 0.6) is 0 Å². The van der Waals surface area contributed by atoms with E-state index in [0.29, 0.717) is 6.54 Å². The molecule has 1 heterocycles. The number of nitrogens with two attached hydrogens (primary N) is 1. The van der Waals surface area contributed by atoms with Gasteiger partial charge in [0.2, 0.25) is 0 Å². The molecular weight excluding hydrogens is 206 g/mol. The number of hydrogen-bond acceptors (Lipinski definition) is 3. The number of nitrogens with zero attached hydrogens (tertiary/aromatic N) is 1. The standard InChI is InChI=1S/C11H15N3S/c1-2-8-3-4-9-10(7-8)14-11(13-9)15-6-5-12/h3-4,7H,2,5-6,12H2,1H3,(H,13,14). The molecule has 0 radical (unpaired) electrons. The van der Waals surface area contributed by atoms with E-state index in [0.717, 1.165) is 28.4 Å². The molecule has 3 N–H and O–H groups in total. The fraction of sp³-hybridized carbons (Fsp3) is 0.364. The molecule has 0 unspecified atom stereocenters.